The highest BCUT2D eigenvalue weighted by Crippen LogP contribution is 2.33. The molecule has 2 N–H and O–H groups in total. The smallest absolute Gasteiger partial charge is 0.0323 e. The van der Waals surface area contributed by atoms with Crippen LogP contribution in [-0.2, 0) is 0 Å². The van der Waals surface area contributed by atoms with Crippen LogP contribution in [-0.4, -0.2) is 0 Å². The number of rotatable bonds is 2. The van der Waals surface area contributed by atoms with E-state index in [1.807, 2.05) is 0 Å². The van der Waals surface area contributed by atoms with E-state index in [-0.39, 0.29) is 6.04 Å². The second kappa shape index (κ2) is 5.01. The van der Waals surface area contributed by atoms with Crippen LogP contribution in [0, 0.1) is 19.8 Å². The first-order valence-electron chi connectivity index (χ1n) is 6.51. The number of benzene rings is 1. The lowest BCUT2D eigenvalue weighted by molar-refractivity contribution is 0.308. The molecule has 1 aliphatic carbocycles. The Labute approximate surface area is 99.0 Å². The lowest BCUT2D eigenvalue weighted by Gasteiger charge is -2.28. The maximum atomic E-state index is 6.39. The van der Waals surface area contributed by atoms with Crippen molar-refractivity contribution in [3.05, 3.63) is 34.9 Å². The molecule has 1 unspecified atom stereocenters. The van der Waals surface area contributed by atoms with Gasteiger partial charge in [-0.15, -0.1) is 0 Å². The van der Waals surface area contributed by atoms with E-state index in [1.54, 1.807) is 0 Å². The summed E-state index contributed by atoms with van der Waals surface area (Å²) in [7, 11) is 0. The van der Waals surface area contributed by atoms with E-state index < -0.39 is 0 Å². The van der Waals surface area contributed by atoms with Gasteiger partial charge < -0.3 is 5.73 Å². The first kappa shape index (κ1) is 11.7. The van der Waals surface area contributed by atoms with Crippen LogP contribution in [0.1, 0.15) is 54.8 Å². The zero-order valence-electron chi connectivity index (χ0n) is 10.5. The summed E-state index contributed by atoms with van der Waals surface area (Å²) >= 11 is 0. The van der Waals surface area contributed by atoms with Crippen LogP contribution in [0.15, 0.2) is 18.2 Å². The van der Waals surface area contributed by atoms with Crippen molar-refractivity contribution in [3.8, 4) is 0 Å². The van der Waals surface area contributed by atoms with E-state index in [1.165, 1.54) is 48.8 Å². The summed E-state index contributed by atoms with van der Waals surface area (Å²) in [5.74, 6) is 0.704. The summed E-state index contributed by atoms with van der Waals surface area (Å²) in [6, 6.07) is 6.93. The fourth-order valence-electron chi connectivity index (χ4n) is 2.74. The molecule has 0 radical (unpaired) electrons. The molecule has 1 saturated carbocycles. The Balaban J connectivity index is 2.12. The Bertz CT molecular complexity index is 350. The van der Waals surface area contributed by atoms with Crippen LogP contribution in [0.5, 0.6) is 0 Å². The van der Waals surface area contributed by atoms with Gasteiger partial charge in [0.05, 0.1) is 0 Å². The Kier molecular flexibility index (Phi) is 3.65. The molecule has 1 aromatic carbocycles. The molecule has 0 bridgehead atoms. The number of aryl methyl sites for hydroxylation is 2. The van der Waals surface area contributed by atoms with Crippen molar-refractivity contribution in [2.45, 2.75) is 52.0 Å². The van der Waals surface area contributed by atoms with Gasteiger partial charge in [-0.2, -0.15) is 0 Å². The molecule has 16 heavy (non-hydrogen) atoms. The van der Waals surface area contributed by atoms with Crippen LogP contribution in [0.4, 0.5) is 0 Å². The van der Waals surface area contributed by atoms with Crippen LogP contribution in [0.2, 0.25) is 0 Å². The number of hydrogen-bond acceptors (Lipinski definition) is 1. The summed E-state index contributed by atoms with van der Waals surface area (Å²) in [4.78, 5) is 0. The average molecular weight is 217 g/mol. The molecular weight excluding hydrogens is 194 g/mol. The molecule has 1 aliphatic rings. The normalized spacial score (nSPS) is 19.7. The van der Waals surface area contributed by atoms with E-state index >= 15 is 0 Å². The van der Waals surface area contributed by atoms with Gasteiger partial charge in [-0.25, -0.2) is 0 Å². The summed E-state index contributed by atoms with van der Waals surface area (Å²) in [5, 5.41) is 0. The first-order chi connectivity index (χ1) is 7.68. The van der Waals surface area contributed by atoms with Gasteiger partial charge in [0, 0.05) is 6.04 Å². The van der Waals surface area contributed by atoms with E-state index in [0.717, 1.165) is 0 Å². The van der Waals surface area contributed by atoms with E-state index in [9.17, 15) is 0 Å². The van der Waals surface area contributed by atoms with Gasteiger partial charge in [-0.3, -0.25) is 0 Å². The van der Waals surface area contributed by atoms with Gasteiger partial charge in [-0.05, 0) is 49.3 Å². The number of nitrogens with two attached hydrogens (primary N) is 1. The Morgan fingerprint density at radius 3 is 2.38 bits per heavy atom. The maximum absolute atomic E-state index is 6.39. The molecule has 0 heterocycles. The first-order valence-corrected chi connectivity index (χ1v) is 6.51. The average Bonchev–Trinajstić information content (AvgIpc) is 2.33. The third-order valence-electron chi connectivity index (χ3n) is 4.07. The van der Waals surface area contributed by atoms with Crippen LogP contribution < -0.4 is 5.73 Å². The SMILES string of the molecule is Cc1ccc(C(N)C2CCCCC2)cc1C. The monoisotopic (exact) mass is 217 g/mol. The zero-order chi connectivity index (χ0) is 11.5. The summed E-state index contributed by atoms with van der Waals surface area (Å²) < 4.78 is 0. The second-order valence-corrected chi connectivity index (χ2v) is 5.27. The van der Waals surface area contributed by atoms with Gasteiger partial charge in [-0.1, -0.05) is 37.5 Å². The second-order valence-electron chi connectivity index (χ2n) is 5.27. The van der Waals surface area contributed by atoms with E-state index in [2.05, 4.69) is 32.0 Å². The molecule has 0 amide bonds. The Hall–Kier alpha value is -0.820. The highest BCUT2D eigenvalue weighted by Gasteiger charge is 2.21. The maximum Gasteiger partial charge on any atom is 0.0323 e. The van der Waals surface area contributed by atoms with Gasteiger partial charge in [0.1, 0.15) is 0 Å². The lowest BCUT2D eigenvalue weighted by atomic mass is 9.81. The van der Waals surface area contributed by atoms with Crippen molar-refractivity contribution in [1.29, 1.82) is 0 Å². The van der Waals surface area contributed by atoms with E-state index in [4.69, 9.17) is 5.73 Å². The predicted molar refractivity (Wildman–Crippen MR) is 69.4 cm³/mol. The van der Waals surface area contributed by atoms with Crippen LogP contribution in [0.3, 0.4) is 0 Å². The molecule has 2 rings (SSSR count). The molecule has 0 spiro atoms. The van der Waals surface area contributed by atoms with Gasteiger partial charge in [0.25, 0.3) is 0 Å². The Morgan fingerprint density at radius 2 is 1.75 bits per heavy atom. The fraction of sp³-hybridized carbons (Fsp3) is 0.600. The van der Waals surface area contributed by atoms with Gasteiger partial charge >= 0.3 is 0 Å². The van der Waals surface area contributed by atoms with Gasteiger partial charge in [0.2, 0.25) is 0 Å². The molecular formula is C15H23N. The standard InChI is InChI=1S/C15H23N/c1-11-8-9-14(10-12(11)2)15(16)13-6-4-3-5-7-13/h8-10,13,15H,3-7,16H2,1-2H3. The molecule has 0 aliphatic heterocycles. The van der Waals surface area contributed by atoms with Gasteiger partial charge in [0.15, 0.2) is 0 Å². The summed E-state index contributed by atoms with van der Waals surface area (Å²) in [6.45, 7) is 4.33. The molecule has 1 nitrogen and oxygen atoms in total. The highest BCUT2D eigenvalue weighted by molar-refractivity contribution is 5.31. The van der Waals surface area contributed by atoms with Crippen molar-refractivity contribution >= 4 is 0 Å². The molecule has 88 valence electrons. The third-order valence-corrected chi connectivity index (χ3v) is 4.07. The number of hydrogen-bond donors (Lipinski definition) is 1. The molecule has 0 aromatic heterocycles. The van der Waals surface area contributed by atoms with E-state index in [0.29, 0.717) is 5.92 Å². The molecule has 1 aromatic rings. The van der Waals surface area contributed by atoms with Crippen molar-refractivity contribution in [1.82, 2.24) is 0 Å². The minimum atomic E-state index is 0.250. The largest absolute Gasteiger partial charge is 0.324 e. The van der Waals surface area contributed by atoms with Crippen molar-refractivity contribution in [2.24, 2.45) is 11.7 Å². The molecule has 1 atom stereocenters. The topological polar surface area (TPSA) is 26.0 Å². The van der Waals surface area contributed by atoms with Crippen LogP contribution in [0.25, 0.3) is 0 Å². The summed E-state index contributed by atoms with van der Waals surface area (Å²) in [6.07, 6.45) is 6.75. The van der Waals surface area contributed by atoms with Crippen molar-refractivity contribution in [3.63, 3.8) is 0 Å². The third kappa shape index (κ3) is 2.46. The highest BCUT2D eigenvalue weighted by atomic mass is 14.7. The quantitative estimate of drug-likeness (QED) is 0.799. The minimum Gasteiger partial charge on any atom is -0.324 e. The zero-order valence-corrected chi connectivity index (χ0v) is 10.5. The van der Waals surface area contributed by atoms with Crippen LogP contribution >= 0.6 is 0 Å². The molecule has 1 fully saturated rings. The summed E-state index contributed by atoms with van der Waals surface area (Å²) in [5.41, 5.74) is 10.4. The van der Waals surface area contributed by atoms with Crippen molar-refractivity contribution in [2.75, 3.05) is 0 Å². The minimum absolute atomic E-state index is 0.250. The molecule has 0 saturated heterocycles. The Morgan fingerprint density at radius 1 is 1.06 bits per heavy atom. The molecule has 1 heteroatoms. The lowest BCUT2D eigenvalue weighted by Crippen LogP contribution is -2.23. The van der Waals surface area contributed by atoms with Crippen molar-refractivity contribution < 1.29 is 0 Å². The predicted octanol–water partition coefficient (Wildman–Crippen LogP) is 3.88. The fourth-order valence-corrected chi connectivity index (χ4v) is 2.74.